The molecule has 19 heavy (non-hydrogen) atoms. The Balaban J connectivity index is 2.24. The summed E-state index contributed by atoms with van der Waals surface area (Å²) in [5, 5.41) is 0. The molecule has 0 radical (unpaired) electrons. The highest BCUT2D eigenvalue weighted by Gasteiger charge is 2.03. The first-order valence-electron chi connectivity index (χ1n) is 6.93. The minimum absolute atomic E-state index is 0.778. The van der Waals surface area contributed by atoms with Crippen LogP contribution in [0, 0.1) is 0 Å². The van der Waals surface area contributed by atoms with E-state index in [1.54, 1.807) is 0 Å². The summed E-state index contributed by atoms with van der Waals surface area (Å²) >= 11 is 0. The fourth-order valence-corrected chi connectivity index (χ4v) is 2.17. The van der Waals surface area contributed by atoms with Gasteiger partial charge in [-0.1, -0.05) is 66.7 Å². The van der Waals surface area contributed by atoms with E-state index in [9.17, 15) is 0 Å². The van der Waals surface area contributed by atoms with Crippen LogP contribution in [0.3, 0.4) is 0 Å². The highest BCUT2D eigenvalue weighted by molar-refractivity contribution is 5.79. The summed E-state index contributed by atoms with van der Waals surface area (Å²) in [7, 11) is 0. The first kappa shape index (κ1) is 13.6. The third-order valence-electron chi connectivity index (χ3n) is 3.18. The fraction of sp³-hybridized carbons (Fsp3) is 0.222. The van der Waals surface area contributed by atoms with Crippen molar-refractivity contribution in [1.29, 1.82) is 0 Å². The van der Waals surface area contributed by atoms with Crippen LogP contribution < -0.4 is 5.73 Å². The maximum absolute atomic E-state index is 5.55. The monoisotopic (exact) mass is 251 g/mol. The minimum Gasteiger partial charge on any atom is -0.330 e. The summed E-state index contributed by atoms with van der Waals surface area (Å²) in [6.07, 6.45) is 5.66. The van der Waals surface area contributed by atoms with Gasteiger partial charge < -0.3 is 5.73 Å². The van der Waals surface area contributed by atoms with Crippen LogP contribution in [0.2, 0.25) is 0 Å². The smallest absolute Gasteiger partial charge is 0.00772 e. The molecule has 2 rings (SSSR count). The molecular weight excluding hydrogens is 230 g/mol. The van der Waals surface area contributed by atoms with Crippen LogP contribution in [-0.4, -0.2) is 6.54 Å². The summed E-state index contributed by atoms with van der Waals surface area (Å²) in [4.78, 5) is 0. The Morgan fingerprint density at radius 1 is 0.789 bits per heavy atom. The third-order valence-corrected chi connectivity index (χ3v) is 3.18. The Hall–Kier alpha value is -1.86. The lowest BCUT2D eigenvalue weighted by atomic mass is 9.96. The SMILES string of the molecule is NCCCCC=C(c1ccccc1)c1ccccc1. The van der Waals surface area contributed by atoms with Gasteiger partial charge in [-0.25, -0.2) is 0 Å². The van der Waals surface area contributed by atoms with Crippen LogP contribution in [-0.2, 0) is 0 Å². The molecule has 2 aromatic rings. The highest BCUT2D eigenvalue weighted by Crippen LogP contribution is 2.24. The van der Waals surface area contributed by atoms with Crippen LogP contribution >= 0.6 is 0 Å². The average molecular weight is 251 g/mol. The lowest BCUT2D eigenvalue weighted by Gasteiger charge is -2.08. The zero-order valence-electron chi connectivity index (χ0n) is 11.3. The van der Waals surface area contributed by atoms with E-state index in [-0.39, 0.29) is 0 Å². The Bertz CT molecular complexity index is 458. The predicted molar refractivity (Wildman–Crippen MR) is 82.9 cm³/mol. The summed E-state index contributed by atoms with van der Waals surface area (Å²) in [6.45, 7) is 0.778. The second kappa shape index (κ2) is 7.55. The molecule has 0 saturated carbocycles. The molecule has 0 heterocycles. The molecule has 0 aliphatic heterocycles. The number of rotatable bonds is 6. The first-order valence-corrected chi connectivity index (χ1v) is 6.93. The molecule has 0 spiro atoms. The highest BCUT2D eigenvalue weighted by atomic mass is 14.5. The first-order chi connectivity index (χ1) is 9.42. The predicted octanol–water partition coefficient (Wildman–Crippen LogP) is 4.25. The van der Waals surface area contributed by atoms with Crippen molar-refractivity contribution in [3.05, 3.63) is 77.9 Å². The van der Waals surface area contributed by atoms with Crippen molar-refractivity contribution in [1.82, 2.24) is 0 Å². The van der Waals surface area contributed by atoms with Crippen molar-refractivity contribution in [3.63, 3.8) is 0 Å². The van der Waals surface area contributed by atoms with E-state index in [1.807, 2.05) is 0 Å². The number of unbranched alkanes of at least 4 members (excludes halogenated alkanes) is 2. The van der Waals surface area contributed by atoms with Gasteiger partial charge in [-0.3, -0.25) is 0 Å². The van der Waals surface area contributed by atoms with Crippen LogP contribution in [0.1, 0.15) is 30.4 Å². The van der Waals surface area contributed by atoms with Gasteiger partial charge in [-0.2, -0.15) is 0 Å². The lowest BCUT2D eigenvalue weighted by molar-refractivity contribution is 0.759. The third kappa shape index (κ3) is 4.08. The van der Waals surface area contributed by atoms with E-state index < -0.39 is 0 Å². The Morgan fingerprint density at radius 2 is 1.32 bits per heavy atom. The van der Waals surface area contributed by atoms with Gasteiger partial charge in [0.25, 0.3) is 0 Å². The van der Waals surface area contributed by atoms with Gasteiger partial charge in [0.1, 0.15) is 0 Å². The molecule has 0 bridgehead atoms. The Labute approximate surface area is 115 Å². The van der Waals surface area contributed by atoms with E-state index in [2.05, 4.69) is 66.7 Å². The minimum atomic E-state index is 0.778. The number of nitrogens with two attached hydrogens (primary N) is 1. The van der Waals surface area contributed by atoms with Gasteiger partial charge in [-0.05, 0) is 42.5 Å². The number of hydrogen-bond acceptors (Lipinski definition) is 1. The molecule has 2 N–H and O–H groups in total. The number of hydrogen-bond donors (Lipinski definition) is 1. The molecule has 0 fully saturated rings. The van der Waals surface area contributed by atoms with Crippen molar-refractivity contribution in [2.45, 2.75) is 19.3 Å². The van der Waals surface area contributed by atoms with Gasteiger partial charge in [0.05, 0.1) is 0 Å². The average Bonchev–Trinajstić information content (AvgIpc) is 2.49. The quantitative estimate of drug-likeness (QED) is 0.763. The Morgan fingerprint density at radius 3 is 1.79 bits per heavy atom. The van der Waals surface area contributed by atoms with Crippen LogP contribution in [0.25, 0.3) is 5.57 Å². The van der Waals surface area contributed by atoms with Crippen LogP contribution in [0.5, 0.6) is 0 Å². The number of allylic oxidation sites excluding steroid dienone is 1. The van der Waals surface area contributed by atoms with Gasteiger partial charge >= 0.3 is 0 Å². The van der Waals surface area contributed by atoms with Crippen molar-refractivity contribution in [2.75, 3.05) is 6.54 Å². The zero-order valence-corrected chi connectivity index (χ0v) is 11.3. The molecule has 0 aliphatic carbocycles. The molecule has 0 amide bonds. The second-order valence-electron chi connectivity index (χ2n) is 4.63. The molecule has 0 saturated heterocycles. The summed E-state index contributed by atoms with van der Waals surface area (Å²) < 4.78 is 0. The van der Waals surface area contributed by atoms with Crippen molar-refractivity contribution in [2.24, 2.45) is 5.73 Å². The standard InChI is InChI=1S/C18H21N/c19-15-9-3-8-14-18(16-10-4-1-5-11-16)17-12-6-2-7-13-17/h1-2,4-7,10-14H,3,8-9,15,19H2. The summed E-state index contributed by atoms with van der Waals surface area (Å²) in [5.74, 6) is 0. The van der Waals surface area contributed by atoms with Gasteiger partial charge in [0.2, 0.25) is 0 Å². The summed E-state index contributed by atoms with van der Waals surface area (Å²) in [5.41, 5.74) is 9.42. The molecule has 0 aromatic heterocycles. The number of benzene rings is 2. The lowest BCUT2D eigenvalue weighted by Crippen LogP contribution is -1.97. The second-order valence-corrected chi connectivity index (χ2v) is 4.63. The molecule has 2 aromatic carbocycles. The molecule has 0 atom stereocenters. The van der Waals surface area contributed by atoms with Crippen molar-refractivity contribution < 1.29 is 0 Å². The normalized spacial score (nSPS) is 10.2. The summed E-state index contributed by atoms with van der Waals surface area (Å²) in [6, 6.07) is 21.1. The molecule has 1 heteroatoms. The maximum atomic E-state index is 5.55. The van der Waals surface area contributed by atoms with E-state index in [4.69, 9.17) is 5.73 Å². The molecule has 0 aliphatic rings. The van der Waals surface area contributed by atoms with E-state index in [1.165, 1.54) is 16.7 Å². The largest absolute Gasteiger partial charge is 0.330 e. The zero-order chi connectivity index (χ0) is 13.3. The van der Waals surface area contributed by atoms with Gasteiger partial charge in [-0.15, -0.1) is 0 Å². The van der Waals surface area contributed by atoms with E-state index >= 15 is 0 Å². The van der Waals surface area contributed by atoms with Crippen molar-refractivity contribution >= 4 is 5.57 Å². The Kier molecular flexibility index (Phi) is 5.39. The molecular formula is C18H21N. The van der Waals surface area contributed by atoms with E-state index in [0.29, 0.717) is 0 Å². The molecule has 98 valence electrons. The topological polar surface area (TPSA) is 26.0 Å². The molecule has 1 nitrogen and oxygen atoms in total. The van der Waals surface area contributed by atoms with E-state index in [0.717, 1.165) is 25.8 Å². The maximum Gasteiger partial charge on any atom is -0.00772 e. The molecule has 0 unspecified atom stereocenters. The van der Waals surface area contributed by atoms with Gasteiger partial charge in [0.15, 0.2) is 0 Å². The van der Waals surface area contributed by atoms with Crippen molar-refractivity contribution in [3.8, 4) is 0 Å². The van der Waals surface area contributed by atoms with Gasteiger partial charge in [0, 0.05) is 0 Å². The fourth-order valence-electron chi connectivity index (χ4n) is 2.17. The van der Waals surface area contributed by atoms with Crippen LogP contribution in [0.4, 0.5) is 0 Å². The van der Waals surface area contributed by atoms with Crippen LogP contribution in [0.15, 0.2) is 66.7 Å².